The van der Waals surface area contributed by atoms with Crippen LogP contribution < -0.4 is 4.74 Å². The normalized spacial score (nSPS) is 10.7. The Morgan fingerprint density at radius 1 is 1.11 bits per heavy atom. The molecule has 0 radical (unpaired) electrons. The third-order valence-electron chi connectivity index (χ3n) is 2.15. The number of rotatable bonds is 4. The van der Waals surface area contributed by atoms with Crippen molar-refractivity contribution in [2.75, 3.05) is 14.2 Å². The molecule has 5 nitrogen and oxygen atoms in total. The second-order valence-corrected chi connectivity index (χ2v) is 3.39. The van der Waals surface area contributed by atoms with Crippen LogP contribution in [0.2, 0.25) is 0 Å². The number of carbonyl (C=O) groups is 2. The van der Waals surface area contributed by atoms with Crippen molar-refractivity contribution >= 4 is 11.9 Å². The predicted molar refractivity (Wildman–Crippen MR) is 63.9 cm³/mol. The Morgan fingerprint density at radius 3 is 2.33 bits per heavy atom. The molecule has 5 heteroatoms. The summed E-state index contributed by atoms with van der Waals surface area (Å²) >= 11 is 0. The monoisotopic (exact) mass is 250 g/mol. The molecule has 0 aliphatic heterocycles. The molecular formula is C13H14O5. The van der Waals surface area contributed by atoms with Gasteiger partial charge in [0.2, 0.25) is 5.76 Å². The molecule has 0 bridgehead atoms. The van der Waals surface area contributed by atoms with Crippen molar-refractivity contribution in [3.05, 3.63) is 41.7 Å². The molecule has 96 valence electrons. The van der Waals surface area contributed by atoms with Crippen molar-refractivity contribution < 1.29 is 23.8 Å². The molecule has 0 aliphatic carbocycles. The third kappa shape index (κ3) is 3.62. The second-order valence-electron chi connectivity index (χ2n) is 3.39. The van der Waals surface area contributed by atoms with Crippen LogP contribution in [0.5, 0.6) is 5.75 Å². The van der Waals surface area contributed by atoms with E-state index in [0.717, 1.165) is 11.6 Å². The van der Waals surface area contributed by atoms with Gasteiger partial charge in [0.15, 0.2) is 0 Å². The van der Waals surface area contributed by atoms with E-state index in [2.05, 4.69) is 9.47 Å². The molecule has 0 atom stereocenters. The van der Waals surface area contributed by atoms with Gasteiger partial charge in [0.25, 0.3) is 0 Å². The Morgan fingerprint density at radius 2 is 1.78 bits per heavy atom. The summed E-state index contributed by atoms with van der Waals surface area (Å²) in [7, 11) is 2.41. The molecule has 0 aromatic heterocycles. The highest BCUT2D eigenvalue weighted by Crippen LogP contribution is 2.19. The van der Waals surface area contributed by atoms with Crippen LogP contribution in [-0.2, 0) is 19.1 Å². The molecule has 0 fully saturated rings. The SMILES string of the molecule is COC(=O)/C=C(/Oc1ccccc1C)C(=O)OC. The number of benzene rings is 1. The van der Waals surface area contributed by atoms with E-state index in [1.807, 2.05) is 19.1 Å². The van der Waals surface area contributed by atoms with Gasteiger partial charge in [-0.05, 0) is 18.6 Å². The van der Waals surface area contributed by atoms with Crippen LogP contribution in [0.25, 0.3) is 0 Å². The van der Waals surface area contributed by atoms with Crippen molar-refractivity contribution in [2.45, 2.75) is 6.92 Å². The van der Waals surface area contributed by atoms with E-state index >= 15 is 0 Å². The van der Waals surface area contributed by atoms with E-state index in [9.17, 15) is 9.59 Å². The first kappa shape index (κ1) is 13.8. The summed E-state index contributed by atoms with van der Waals surface area (Å²) in [6.45, 7) is 1.82. The minimum atomic E-state index is -0.747. The molecule has 1 aromatic carbocycles. The van der Waals surface area contributed by atoms with Crippen LogP contribution in [0.1, 0.15) is 5.56 Å². The summed E-state index contributed by atoms with van der Waals surface area (Å²) < 4.78 is 14.3. The zero-order chi connectivity index (χ0) is 13.5. The van der Waals surface area contributed by atoms with Crippen LogP contribution in [0.4, 0.5) is 0 Å². The van der Waals surface area contributed by atoms with E-state index in [1.165, 1.54) is 14.2 Å². The Labute approximate surface area is 105 Å². The van der Waals surface area contributed by atoms with Gasteiger partial charge in [-0.2, -0.15) is 0 Å². The van der Waals surface area contributed by atoms with Gasteiger partial charge < -0.3 is 14.2 Å². The molecule has 1 rings (SSSR count). The Kier molecular flexibility index (Phi) is 4.92. The topological polar surface area (TPSA) is 61.8 Å². The minimum Gasteiger partial charge on any atom is -0.466 e. The number of hydrogen-bond donors (Lipinski definition) is 0. The fourth-order valence-corrected chi connectivity index (χ4v) is 1.19. The molecule has 1 aromatic rings. The molecule has 0 N–H and O–H groups in total. The zero-order valence-corrected chi connectivity index (χ0v) is 10.4. The standard InChI is InChI=1S/C13H14O5/c1-9-6-4-5-7-10(9)18-11(13(15)17-3)8-12(14)16-2/h4-8H,1-3H3/b11-8+. The lowest BCUT2D eigenvalue weighted by Crippen LogP contribution is -2.13. The molecule has 0 aliphatic rings. The van der Waals surface area contributed by atoms with Crippen LogP contribution in [0, 0.1) is 6.92 Å². The lowest BCUT2D eigenvalue weighted by atomic mass is 10.2. The van der Waals surface area contributed by atoms with Crippen molar-refractivity contribution in [1.29, 1.82) is 0 Å². The van der Waals surface area contributed by atoms with Gasteiger partial charge in [0, 0.05) is 0 Å². The van der Waals surface area contributed by atoms with Gasteiger partial charge in [0.05, 0.1) is 20.3 Å². The van der Waals surface area contributed by atoms with Crippen molar-refractivity contribution in [3.63, 3.8) is 0 Å². The Bertz CT molecular complexity index is 476. The number of hydrogen-bond acceptors (Lipinski definition) is 5. The first-order chi connectivity index (χ1) is 8.58. The average molecular weight is 250 g/mol. The third-order valence-corrected chi connectivity index (χ3v) is 2.15. The fourth-order valence-electron chi connectivity index (χ4n) is 1.19. The number of para-hydroxylation sites is 1. The van der Waals surface area contributed by atoms with Crippen molar-refractivity contribution in [1.82, 2.24) is 0 Å². The molecule has 0 heterocycles. The molecule has 18 heavy (non-hydrogen) atoms. The number of ether oxygens (including phenoxy) is 3. The molecule has 0 saturated carbocycles. The summed E-state index contributed by atoms with van der Waals surface area (Å²) in [4.78, 5) is 22.6. The molecule has 0 spiro atoms. The van der Waals surface area contributed by atoms with Crippen LogP contribution in [0.3, 0.4) is 0 Å². The molecular weight excluding hydrogens is 236 g/mol. The van der Waals surface area contributed by atoms with Gasteiger partial charge >= 0.3 is 11.9 Å². The van der Waals surface area contributed by atoms with Gasteiger partial charge in [-0.25, -0.2) is 9.59 Å². The number of carbonyl (C=O) groups excluding carboxylic acids is 2. The van der Waals surface area contributed by atoms with Crippen molar-refractivity contribution in [3.8, 4) is 5.75 Å². The Balaban J connectivity index is 3.00. The van der Waals surface area contributed by atoms with Crippen LogP contribution in [0.15, 0.2) is 36.1 Å². The summed E-state index contributed by atoms with van der Waals surface area (Å²) in [6, 6.07) is 7.10. The van der Waals surface area contributed by atoms with Crippen molar-refractivity contribution in [2.24, 2.45) is 0 Å². The Hall–Kier alpha value is -2.30. The molecule has 0 amide bonds. The number of esters is 2. The summed E-state index contributed by atoms with van der Waals surface area (Å²) in [5.41, 5.74) is 0.831. The highest BCUT2D eigenvalue weighted by molar-refractivity contribution is 5.95. The zero-order valence-electron chi connectivity index (χ0n) is 10.4. The summed E-state index contributed by atoms with van der Waals surface area (Å²) in [5, 5.41) is 0. The fraction of sp³-hybridized carbons (Fsp3) is 0.231. The van der Waals surface area contributed by atoms with E-state index in [0.29, 0.717) is 5.75 Å². The molecule has 0 saturated heterocycles. The van der Waals surface area contributed by atoms with E-state index in [-0.39, 0.29) is 5.76 Å². The highest BCUT2D eigenvalue weighted by Gasteiger charge is 2.15. The minimum absolute atomic E-state index is 0.223. The maximum Gasteiger partial charge on any atom is 0.374 e. The van der Waals surface area contributed by atoms with Gasteiger partial charge in [-0.1, -0.05) is 18.2 Å². The number of aryl methyl sites for hydroxylation is 1. The largest absolute Gasteiger partial charge is 0.466 e. The highest BCUT2D eigenvalue weighted by atomic mass is 16.6. The smallest absolute Gasteiger partial charge is 0.374 e. The van der Waals surface area contributed by atoms with Gasteiger partial charge in [0.1, 0.15) is 5.75 Å². The lowest BCUT2D eigenvalue weighted by molar-refractivity contribution is -0.140. The maximum atomic E-state index is 11.5. The van der Waals surface area contributed by atoms with E-state index in [4.69, 9.17) is 4.74 Å². The first-order valence-electron chi connectivity index (χ1n) is 5.20. The number of methoxy groups -OCH3 is 2. The van der Waals surface area contributed by atoms with Gasteiger partial charge in [-0.3, -0.25) is 0 Å². The maximum absolute atomic E-state index is 11.5. The predicted octanol–water partition coefficient (Wildman–Crippen LogP) is 1.60. The molecule has 0 unspecified atom stereocenters. The average Bonchev–Trinajstić information content (AvgIpc) is 2.39. The van der Waals surface area contributed by atoms with Crippen LogP contribution in [-0.4, -0.2) is 26.2 Å². The lowest BCUT2D eigenvalue weighted by Gasteiger charge is -2.09. The first-order valence-corrected chi connectivity index (χ1v) is 5.20. The second kappa shape index (κ2) is 6.44. The van der Waals surface area contributed by atoms with E-state index < -0.39 is 11.9 Å². The summed E-state index contributed by atoms with van der Waals surface area (Å²) in [6.07, 6.45) is 0.943. The van der Waals surface area contributed by atoms with Gasteiger partial charge in [-0.15, -0.1) is 0 Å². The van der Waals surface area contributed by atoms with Crippen LogP contribution >= 0.6 is 0 Å². The van der Waals surface area contributed by atoms with E-state index in [1.54, 1.807) is 12.1 Å². The quantitative estimate of drug-likeness (QED) is 0.461. The summed E-state index contributed by atoms with van der Waals surface area (Å²) in [5.74, 6) is -1.19.